The Labute approximate surface area is 179 Å². The summed E-state index contributed by atoms with van der Waals surface area (Å²) >= 11 is 0. The number of aryl methyl sites for hydroxylation is 1. The zero-order valence-corrected chi connectivity index (χ0v) is 17.2. The maximum absolute atomic E-state index is 14.3. The minimum absolute atomic E-state index is 0.00893. The van der Waals surface area contributed by atoms with E-state index in [2.05, 4.69) is 25.2 Å². The largest absolute Gasteiger partial charge is 0.397 e. The lowest BCUT2D eigenvalue weighted by Crippen LogP contribution is -2.43. The van der Waals surface area contributed by atoms with Crippen LogP contribution in [0, 0.1) is 12.7 Å². The first kappa shape index (κ1) is 20.7. The van der Waals surface area contributed by atoms with E-state index in [9.17, 15) is 9.18 Å². The van der Waals surface area contributed by atoms with Gasteiger partial charge in [-0.2, -0.15) is 0 Å². The van der Waals surface area contributed by atoms with Crippen molar-refractivity contribution in [2.75, 3.05) is 29.0 Å². The summed E-state index contributed by atoms with van der Waals surface area (Å²) in [4.78, 5) is 27.8. The molecule has 0 radical (unpaired) electrons. The number of pyridine rings is 3. The van der Waals surface area contributed by atoms with Crippen LogP contribution in [0.15, 0.2) is 42.7 Å². The van der Waals surface area contributed by atoms with Gasteiger partial charge in [-0.25, -0.2) is 14.4 Å². The highest BCUT2D eigenvalue weighted by Crippen LogP contribution is 2.28. The summed E-state index contributed by atoms with van der Waals surface area (Å²) in [5.41, 5.74) is 14.6. The smallest absolute Gasteiger partial charge is 0.276 e. The van der Waals surface area contributed by atoms with E-state index in [1.54, 1.807) is 31.5 Å². The summed E-state index contributed by atoms with van der Waals surface area (Å²) in [6.45, 7) is 3.29. The Hall–Kier alpha value is -3.59. The molecule has 3 aromatic rings. The van der Waals surface area contributed by atoms with Crippen LogP contribution in [-0.2, 0) is 0 Å². The molecule has 0 spiro atoms. The normalized spacial score (nSPS) is 16.2. The molecule has 4 rings (SSSR count). The number of nitrogens with two attached hydrogens (primary N) is 2. The Morgan fingerprint density at radius 1 is 1.23 bits per heavy atom. The number of amides is 1. The third kappa shape index (κ3) is 4.46. The fourth-order valence-electron chi connectivity index (χ4n) is 3.67. The van der Waals surface area contributed by atoms with Crippen molar-refractivity contribution in [3.05, 3.63) is 59.9 Å². The number of aromatic nitrogens is 3. The summed E-state index contributed by atoms with van der Waals surface area (Å²) in [6, 6.07) is 7.88. The van der Waals surface area contributed by atoms with Crippen LogP contribution >= 0.6 is 0 Å². The van der Waals surface area contributed by atoms with Gasteiger partial charge in [0.15, 0.2) is 11.5 Å². The number of nitrogens with zero attached hydrogens (tertiary/aromatic N) is 4. The summed E-state index contributed by atoms with van der Waals surface area (Å²) in [6.07, 6.45) is 5.20. The van der Waals surface area contributed by atoms with Crippen molar-refractivity contribution in [2.24, 2.45) is 5.73 Å². The van der Waals surface area contributed by atoms with Gasteiger partial charge in [-0.3, -0.25) is 9.78 Å². The SMILES string of the molecule is Cc1ccc(F)c(-c2ccc(N)c(C(=O)Nc3cnccc3N3CCC[C@H](N)C3)n2)n1. The number of carbonyl (C=O) groups is 1. The van der Waals surface area contributed by atoms with Crippen LogP contribution < -0.4 is 21.7 Å². The molecule has 0 unspecified atom stereocenters. The number of nitrogen functional groups attached to an aromatic ring is 1. The van der Waals surface area contributed by atoms with Crippen LogP contribution in [0.3, 0.4) is 0 Å². The van der Waals surface area contributed by atoms with Gasteiger partial charge in [0.25, 0.3) is 5.91 Å². The fraction of sp³-hybridized carbons (Fsp3) is 0.273. The molecule has 1 atom stereocenters. The van der Waals surface area contributed by atoms with Gasteiger partial charge >= 0.3 is 0 Å². The van der Waals surface area contributed by atoms with E-state index in [-0.39, 0.29) is 28.8 Å². The first-order valence-electron chi connectivity index (χ1n) is 10.1. The van der Waals surface area contributed by atoms with E-state index < -0.39 is 11.7 Å². The van der Waals surface area contributed by atoms with E-state index >= 15 is 0 Å². The predicted octanol–water partition coefficient (Wildman–Crippen LogP) is 2.75. The zero-order valence-electron chi connectivity index (χ0n) is 17.2. The standard InChI is InChI=1S/C22H24FN7O/c1-13-4-5-15(23)20(27-13)17-7-6-16(25)21(28-17)22(31)29-18-11-26-9-8-19(18)30-10-2-3-14(24)12-30/h4-9,11,14H,2-3,10,12,24-25H2,1H3,(H,29,31)/t14-/m0/s1. The molecule has 1 fully saturated rings. The molecule has 1 aliphatic heterocycles. The monoisotopic (exact) mass is 421 g/mol. The van der Waals surface area contributed by atoms with E-state index in [4.69, 9.17) is 11.5 Å². The van der Waals surface area contributed by atoms with Crippen molar-refractivity contribution in [1.82, 2.24) is 15.0 Å². The van der Waals surface area contributed by atoms with Gasteiger partial charge < -0.3 is 21.7 Å². The highest BCUT2D eigenvalue weighted by Gasteiger charge is 2.22. The fourth-order valence-corrected chi connectivity index (χ4v) is 3.67. The summed E-state index contributed by atoms with van der Waals surface area (Å²) in [5, 5.41) is 2.84. The van der Waals surface area contributed by atoms with Gasteiger partial charge in [-0.05, 0) is 50.1 Å². The quantitative estimate of drug-likeness (QED) is 0.592. The molecule has 0 bridgehead atoms. The Bertz CT molecular complexity index is 1120. The molecule has 160 valence electrons. The van der Waals surface area contributed by atoms with Gasteiger partial charge in [-0.1, -0.05) is 0 Å². The molecule has 1 aliphatic rings. The molecule has 1 amide bonds. The van der Waals surface area contributed by atoms with Crippen molar-refractivity contribution < 1.29 is 9.18 Å². The number of rotatable bonds is 4. The zero-order chi connectivity index (χ0) is 22.0. The van der Waals surface area contributed by atoms with Crippen molar-refractivity contribution in [2.45, 2.75) is 25.8 Å². The summed E-state index contributed by atoms with van der Waals surface area (Å²) in [5.74, 6) is -1.03. The number of hydrogen-bond donors (Lipinski definition) is 3. The average molecular weight is 421 g/mol. The van der Waals surface area contributed by atoms with Crippen LogP contribution in [0.25, 0.3) is 11.4 Å². The predicted molar refractivity (Wildman–Crippen MR) is 118 cm³/mol. The molecule has 0 saturated carbocycles. The first-order chi connectivity index (χ1) is 14.9. The van der Waals surface area contributed by atoms with E-state index in [1.807, 2.05) is 6.07 Å². The van der Waals surface area contributed by atoms with Gasteiger partial charge in [0.1, 0.15) is 5.69 Å². The second-order valence-corrected chi connectivity index (χ2v) is 7.61. The summed E-state index contributed by atoms with van der Waals surface area (Å²) in [7, 11) is 0. The van der Waals surface area contributed by atoms with Gasteiger partial charge in [0, 0.05) is 31.0 Å². The first-order valence-corrected chi connectivity index (χ1v) is 10.1. The van der Waals surface area contributed by atoms with Gasteiger partial charge in [0.05, 0.1) is 29.0 Å². The second-order valence-electron chi connectivity index (χ2n) is 7.61. The highest BCUT2D eigenvalue weighted by atomic mass is 19.1. The van der Waals surface area contributed by atoms with Crippen LogP contribution in [0.1, 0.15) is 29.0 Å². The molecular formula is C22H24FN7O. The van der Waals surface area contributed by atoms with E-state index in [0.29, 0.717) is 17.9 Å². The number of carbonyl (C=O) groups excluding carboxylic acids is 1. The summed E-state index contributed by atoms with van der Waals surface area (Å²) < 4.78 is 14.3. The molecule has 0 aliphatic carbocycles. The lowest BCUT2D eigenvalue weighted by molar-refractivity contribution is 0.102. The van der Waals surface area contributed by atoms with Crippen molar-refractivity contribution >= 4 is 23.0 Å². The number of anilines is 3. The van der Waals surface area contributed by atoms with Gasteiger partial charge in [0.2, 0.25) is 0 Å². The van der Waals surface area contributed by atoms with Gasteiger partial charge in [-0.15, -0.1) is 0 Å². The molecule has 9 heteroatoms. The maximum atomic E-state index is 14.3. The average Bonchev–Trinajstić information content (AvgIpc) is 2.76. The van der Waals surface area contributed by atoms with E-state index in [0.717, 1.165) is 25.1 Å². The van der Waals surface area contributed by atoms with Crippen LogP contribution in [0.2, 0.25) is 0 Å². The van der Waals surface area contributed by atoms with Crippen LogP contribution in [0.4, 0.5) is 21.5 Å². The topological polar surface area (TPSA) is 123 Å². The minimum atomic E-state index is -0.523. The second kappa shape index (κ2) is 8.65. The Kier molecular flexibility index (Phi) is 5.77. The minimum Gasteiger partial charge on any atom is -0.397 e. The third-order valence-electron chi connectivity index (χ3n) is 5.21. The highest BCUT2D eigenvalue weighted by molar-refractivity contribution is 6.07. The molecule has 8 nitrogen and oxygen atoms in total. The maximum Gasteiger partial charge on any atom is 0.276 e. The lowest BCUT2D eigenvalue weighted by Gasteiger charge is -2.33. The number of nitrogens with one attached hydrogen (secondary N) is 1. The van der Waals surface area contributed by atoms with Crippen molar-refractivity contribution in [3.63, 3.8) is 0 Å². The Balaban J connectivity index is 1.63. The molecule has 1 saturated heterocycles. The van der Waals surface area contributed by atoms with Crippen LogP contribution in [0.5, 0.6) is 0 Å². The lowest BCUT2D eigenvalue weighted by atomic mass is 10.1. The van der Waals surface area contributed by atoms with Crippen molar-refractivity contribution in [1.29, 1.82) is 0 Å². The molecule has 31 heavy (non-hydrogen) atoms. The molecule has 4 heterocycles. The molecule has 0 aromatic carbocycles. The van der Waals surface area contributed by atoms with Crippen molar-refractivity contribution in [3.8, 4) is 11.4 Å². The molecular weight excluding hydrogens is 397 g/mol. The Morgan fingerprint density at radius 2 is 2.06 bits per heavy atom. The number of halogens is 1. The molecule has 3 aromatic heterocycles. The Morgan fingerprint density at radius 3 is 2.87 bits per heavy atom. The number of hydrogen-bond acceptors (Lipinski definition) is 7. The molecule has 5 N–H and O–H groups in total. The third-order valence-corrected chi connectivity index (χ3v) is 5.21. The van der Waals surface area contributed by atoms with E-state index in [1.165, 1.54) is 12.1 Å². The van der Waals surface area contributed by atoms with Crippen LogP contribution in [-0.4, -0.2) is 40.0 Å². The number of piperidine rings is 1.